The molecular weight excluding hydrogens is 319 g/mol. The Labute approximate surface area is 148 Å². The zero-order valence-corrected chi connectivity index (χ0v) is 15.1. The predicted octanol–water partition coefficient (Wildman–Crippen LogP) is 3.01. The van der Waals surface area contributed by atoms with Gasteiger partial charge in [-0.2, -0.15) is 0 Å². The van der Waals surface area contributed by atoms with Crippen molar-refractivity contribution in [2.45, 2.75) is 26.3 Å². The Morgan fingerprint density at radius 3 is 2.72 bits per heavy atom. The van der Waals surface area contributed by atoms with E-state index in [0.29, 0.717) is 5.96 Å². The Balaban J connectivity index is 1.88. The molecule has 1 atom stereocenters. The summed E-state index contributed by atoms with van der Waals surface area (Å²) in [7, 11) is 3.17. The largest absolute Gasteiger partial charge is 0.494 e. The van der Waals surface area contributed by atoms with E-state index in [0.717, 1.165) is 24.2 Å². The summed E-state index contributed by atoms with van der Waals surface area (Å²) in [4.78, 5) is 8.50. The van der Waals surface area contributed by atoms with Crippen LogP contribution < -0.4 is 15.4 Å². The summed E-state index contributed by atoms with van der Waals surface area (Å²) < 4.78 is 18.8. The van der Waals surface area contributed by atoms with E-state index in [2.05, 4.69) is 26.7 Å². The lowest BCUT2D eigenvalue weighted by Crippen LogP contribution is -2.39. The maximum Gasteiger partial charge on any atom is 0.191 e. The molecule has 1 unspecified atom stereocenters. The topological polar surface area (TPSA) is 58.5 Å². The summed E-state index contributed by atoms with van der Waals surface area (Å²) in [6.07, 6.45) is 2.73. The third kappa shape index (κ3) is 5.45. The van der Waals surface area contributed by atoms with Crippen molar-refractivity contribution >= 4 is 5.96 Å². The van der Waals surface area contributed by atoms with Crippen LogP contribution in [0.25, 0.3) is 0 Å². The van der Waals surface area contributed by atoms with Crippen LogP contribution in [0, 0.1) is 12.7 Å². The van der Waals surface area contributed by atoms with Gasteiger partial charge in [0.15, 0.2) is 17.5 Å². The van der Waals surface area contributed by atoms with E-state index in [9.17, 15) is 4.39 Å². The van der Waals surface area contributed by atoms with Gasteiger partial charge in [0.05, 0.1) is 13.2 Å². The van der Waals surface area contributed by atoms with Crippen molar-refractivity contribution in [1.82, 2.24) is 15.6 Å². The fourth-order valence-electron chi connectivity index (χ4n) is 2.41. The number of rotatable bonds is 6. The molecule has 0 saturated heterocycles. The smallest absolute Gasteiger partial charge is 0.191 e. The quantitative estimate of drug-likeness (QED) is 0.625. The summed E-state index contributed by atoms with van der Waals surface area (Å²) in [5, 5.41) is 6.52. The number of hydrogen-bond donors (Lipinski definition) is 2. The number of nitrogens with one attached hydrogen (secondary N) is 2. The Morgan fingerprint density at radius 2 is 2.12 bits per heavy atom. The number of aliphatic imine (C=N–C) groups is 1. The molecule has 0 amide bonds. The minimum absolute atomic E-state index is 0.0901. The first kappa shape index (κ1) is 18.7. The Hall–Kier alpha value is -2.63. The number of ether oxygens (including phenoxy) is 1. The molecule has 2 N–H and O–H groups in total. The molecule has 0 aliphatic rings. The van der Waals surface area contributed by atoms with Gasteiger partial charge in [0, 0.05) is 25.5 Å². The first-order chi connectivity index (χ1) is 12.0. The number of pyridine rings is 1. The third-order valence-corrected chi connectivity index (χ3v) is 3.93. The van der Waals surface area contributed by atoms with Crippen LogP contribution in [0.4, 0.5) is 4.39 Å². The highest BCUT2D eigenvalue weighted by molar-refractivity contribution is 5.80. The van der Waals surface area contributed by atoms with Crippen LogP contribution in [0.1, 0.15) is 29.8 Å². The maximum atomic E-state index is 13.8. The molecule has 0 radical (unpaired) electrons. The van der Waals surface area contributed by atoms with Gasteiger partial charge in [0.2, 0.25) is 0 Å². The van der Waals surface area contributed by atoms with Crippen molar-refractivity contribution in [3.63, 3.8) is 0 Å². The number of hydrogen-bond acceptors (Lipinski definition) is 3. The van der Waals surface area contributed by atoms with Gasteiger partial charge in [-0.1, -0.05) is 12.1 Å². The molecule has 0 saturated carbocycles. The van der Waals surface area contributed by atoms with Gasteiger partial charge < -0.3 is 15.4 Å². The van der Waals surface area contributed by atoms with Crippen LogP contribution >= 0.6 is 0 Å². The van der Waals surface area contributed by atoms with E-state index in [4.69, 9.17) is 4.74 Å². The molecule has 6 heteroatoms. The van der Waals surface area contributed by atoms with Crippen LogP contribution in [0.15, 0.2) is 41.5 Å². The van der Waals surface area contributed by atoms with Crippen molar-refractivity contribution in [3.05, 3.63) is 59.2 Å². The maximum absolute atomic E-state index is 13.8. The molecule has 0 bridgehead atoms. The van der Waals surface area contributed by atoms with Crippen molar-refractivity contribution in [1.29, 1.82) is 0 Å². The molecule has 2 aromatic rings. The van der Waals surface area contributed by atoms with Crippen LogP contribution in [-0.2, 0) is 6.42 Å². The number of nitrogens with zero attached hydrogens (tertiary/aromatic N) is 2. The first-order valence-corrected chi connectivity index (χ1v) is 8.25. The van der Waals surface area contributed by atoms with Crippen molar-refractivity contribution in [2.24, 2.45) is 4.99 Å². The van der Waals surface area contributed by atoms with Crippen LogP contribution in [0.2, 0.25) is 0 Å². The lowest BCUT2D eigenvalue weighted by Gasteiger charge is -2.19. The standard InChI is InChI=1S/C19H25FN4O/c1-13-5-6-15(12-23-13)9-10-22-19(21-3)24-14(2)16-7-8-18(25-4)17(20)11-16/h5-8,11-12,14H,9-10H2,1-4H3,(H2,21,22,24). The highest BCUT2D eigenvalue weighted by Crippen LogP contribution is 2.21. The molecule has 2 rings (SSSR count). The molecule has 0 spiro atoms. The molecular formula is C19H25FN4O. The minimum Gasteiger partial charge on any atom is -0.494 e. The molecule has 134 valence electrons. The van der Waals surface area contributed by atoms with Gasteiger partial charge in [0.25, 0.3) is 0 Å². The van der Waals surface area contributed by atoms with Gasteiger partial charge in [0.1, 0.15) is 0 Å². The van der Waals surface area contributed by atoms with Crippen molar-refractivity contribution in [2.75, 3.05) is 20.7 Å². The first-order valence-electron chi connectivity index (χ1n) is 8.25. The number of guanidine groups is 1. The Kier molecular flexibility index (Phi) is 6.74. The highest BCUT2D eigenvalue weighted by Gasteiger charge is 2.11. The van der Waals surface area contributed by atoms with Gasteiger partial charge in [-0.25, -0.2) is 4.39 Å². The lowest BCUT2D eigenvalue weighted by atomic mass is 10.1. The van der Waals surface area contributed by atoms with Crippen molar-refractivity contribution in [3.8, 4) is 5.75 Å². The molecule has 1 heterocycles. The Morgan fingerprint density at radius 1 is 1.32 bits per heavy atom. The van der Waals surface area contributed by atoms with Gasteiger partial charge in [-0.15, -0.1) is 0 Å². The molecule has 0 aliphatic carbocycles. The number of aryl methyl sites for hydroxylation is 1. The van der Waals surface area contributed by atoms with Crippen LogP contribution in [0.5, 0.6) is 5.75 Å². The summed E-state index contributed by atoms with van der Waals surface area (Å²) in [5.41, 5.74) is 3.00. The number of halogens is 1. The monoisotopic (exact) mass is 344 g/mol. The number of benzene rings is 1. The second-order valence-electron chi connectivity index (χ2n) is 5.82. The van der Waals surface area contributed by atoms with E-state index >= 15 is 0 Å². The van der Waals surface area contributed by atoms with E-state index < -0.39 is 0 Å². The van der Waals surface area contributed by atoms with E-state index in [1.54, 1.807) is 13.1 Å². The third-order valence-electron chi connectivity index (χ3n) is 3.93. The molecule has 25 heavy (non-hydrogen) atoms. The molecule has 0 aliphatic heterocycles. The predicted molar refractivity (Wildman–Crippen MR) is 98.5 cm³/mol. The SMILES string of the molecule is CN=C(NCCc1ccc(C)nc1)NC(C)c1ccc(OC)c(F)c1. The van der Waals surface area contributed by atoms with Gasteiger partial charge in [-0.3, -0.25) is 9.98 Å². The van der Waals surface area contributed by atoms with Gasteiger partial charge in [-0.05, 0) is 49.6 Å². The molecule has 5 nitrogen and oxygen atoms in total. The average molecular weight is 344 g/mol. The normalized spacial score (nSPS) is 12.6. The zero-order chi connectivity index (χ0) is 18.2. The zero-order valence-electron chi connectivity index (χ0n) is 15.1. The van der Waals surface area contributed by atoms with Crippen molar-refractivity contribution < 1.29 is 9.13 Å². The van der Waals surface area contributed by atoms with Gasteiger partial charge >= 0.3 is 0 Å². The summed E-state index contributed by atoms with van der Waals surface area (Å²) in [6, 6.07) is 8.93. The van der Waals surface area contributed by atoms with E-state index in [-0.39, 0.29) is 17.6 Å². The molecule has 0 fully saturated rings. The lowest BCUT2D eigenvalue weighted by molar-refractivity contribution is 0.386. The fraction of sp³-hybridized carbons (Fsp3) is 0.368. The second kappa shape index (κ2) is 9.01. The Bertz CT molecular complexity index is 716. The summed E-state index contributed by atoms with van der Waals surface area (Å²) in [6.45, 7) is 4.66. The number of methoxy groups -OCH3 is 1. The highest BCUT2D eigenvalue weighted by atomic mass is 19.1. The summed E-state index contributed by atoms with van der Waals surface area (Å²) >= 11 is 0. The van der Waals surface area contributed by atoms with E-state index in [1.807, 2.05) is 32.2 Å². The second-order valence-corrected chi connectivity index (χ2v) is 5.82. The number of aromatic nitrogens is 1. The summed E-state index contributed by atoms with van der Waals surface area (Å²) in [5.74, 6) is 0.539. The van der Waals surface area contributed by atoms with Crippen LogP contribution in [0.3, 0.4) is 0 Å². The molecule has 1 aromatic carbocycles. The van der Waals surface area contributed by atoms with E-state index in [1.165, 1.54) is 18.7 Å². The fourth-order valence-corrected chi connectivity index (χ4v) is 2.41. The average Bonchev–Trinajstić information content (AvgIpc) is 2.62. The van der Waals surface area contributed by atoms with Crippen LogP contribution in [-0.4, -0.2) is 31.6 Å². The minimum atomic E-state index is -0.372. The molecule has 1 aromatic heterocycles.